The van der Waals surface area contributed by atoms with E-state index in [4.69, 9.17) is 4.42 Å². The van der Waals surface area contributed by atoms with Gasteiger partial charge in [0.25, 0.3) is 0 Å². The molecule has 0 bridgehead atoms. The molecule has 0 atom stereocenters. The van der Waals surface area contributed by atoms with Gasteiger partial charge in [-0.2, -0.15) is 0 Å². The van der Waals surface area contributed by atoms with Crippen LogP contribution in [0, 0.1) is 6.92 Å². The Balaban J connectivity index is 1.44. The number of nitrogens with one attached hydrogen (secondary N) is 1. The number of likely N-dealkylation sites (N-methyl/N-ethyl adjacent to an activating group) is 1. The van der Waals surface area contributed by atoms with Crippen molar-refractivity contribution in [3.05, 3.63) is 72.2 Å². The number of amides is 1. The minimum Gasteiger partial charge on any atom is -0.441 e. The van der Waals surface area contributed by atoms with Crippen LogP contribution in [0.3, 0.4) is 0 Å². The number of carbonyl (C=O) groups is 1. The van der Waals surface area contributed by atoms with E-state index >= 15 is 0 Å². The van der Waals surface area contributed by atoms with Crippen molar-refractivity contribution in [2.24, 2.45) is 0 Å². The first-order chi connectivity index (χ1) is 13.7. The van der Waals surface area contributed by atoms with Crippen LogP contribution in [0.2, 0.25) is 0 Å². The van der Waals surface area contributed by atoms with Gasteiger partial charge in [0.15, 0.2) is 11.7 Å². The Kier molecular flexibility index (Phi) is 6.84. The summed E-state index contributed by atoms with van der Waals surface area (Å²) in [5.74, 6) is 1.33. The molecule has 0 fully saturated rings. The van der Waals surface area contributed by atoms with Gasteiger partial charge in [0.1, 0.15) is 0 Å². The second kappa shape index (κ2) is 9.74. The van der Waals surface area contributed by atoms with Gasteiger partial charge in [-0.15, -0.1) is 0 Å². The van der Waals surface area contributed by atoms with Crippen LogP contribution in [0.15, 0.2) is 65.2 Å². The number of rotatable bonds is 9. The van der Waals surface area contributed by atoms with Crippen molar-refractivity contribution in [3.8, 4) is 11.3 Å². The summed E-state index contributed by atoms with van der Waals surface area (Å²) < 4.78 is 5.75. The summed E-state index contributed by atoms with van der Waals surface area (Å²) in [5, 5.41) is 3.00. The molecule has 0 aliphatic heterocycles. The molecule has 2 aromatic carbocycles. The highest BCUT2D eigenvalue weighted by Crippen LogP contribution is 2.20. The number of para-hydroxylation sites is 1. The summed E-state index contributed by atoms with van der Waals surface area (Å²) in [4.78, 5) is 18.7. The third-order valence-electron chi connectivity index (χ3n) is 4.72. The van der Waals surface area contributed by atoms with E-state index in [0.29, 0.717) is 25.3 Å². The second-order valence-electron chi connectivity index (χ2n) is 6.70. The fraction of sp³-hybridized carbons (Fsp3) is 0.304. The van der Waals surface area contributed by atoms with Gasteiger partial charge in [0.2, 0.25) is 5.91 Å². The van der Waals surface area contributed by atoms with Crippen molar-refractivity contribution in [3.63, 3.8) is 0 Å². The molecule has 1 heterocycles. The summed E-state index contributed by atoms with van der Waals surface area (Å²) in [6, 6.07) is 18.1. The van der Waals surface area contributed by atoms with Crippen LogP contribution in [0.1, 0.15) is 24.8 Å². The number of aromatic nitrogens is 1. The Hall–Kier alpha value is -3.08. The first-order valence-corrected chi connectivity index (χ1v) is 9.74. The molecule has 3 rings (SSSR count). The van der Waals surface area contributed by atoms with Crippen LogP contribution < -0.4 is 10.2 Å². The maximum Gasteiger partial charge on any atom is 0.220 e. The standard InChI is InChI=1S/C23H27N3O2/c1-3-26(20-12-8-7-9-18(20)2)16-15-24-22(27)13-14-23-25-17-21(28-23)19-10-5-4-6-11-19/h4-12,17H,3,13-16H2,1-2H3,(H,24,27). The van der Waals surface area contributed by atoms with Gasteiger partial charge in [-0.3, -0.25) is 4.79 Å². The molecule has 0 unspecified atom stereocenters. The minimum atomic E-state index is 0.0142. The molecule has 0 radical (unpaired) electrons. The molecule has 28 heavy (non-hydrogen) atoms. The zero-order chi connectivity index (χ0) is 19.8. The normalized spacial score (nSPS) is 10.6. The molecule has 1 amide bonds. The molecule has 0 aliphatic rings. The Morgan fingerprint density at radius 2 is 1.86 bits per heavy atom. The maximum absolute atomic E-state index is 12.2. The third kappa shape index (κ3) is 5.22. The van der Waals surface area contributed by atoms with Crippen LogP contribution in [0.4, 0.5) is 5.69 Å². The Bertz CT molecular complexity index is 890. The minimum absolute atomic E-state index is 0.0142. The van der Waals surface area contributed by atoms with Crippen molar-refractivity contribution in [2.75, 3.05) is 24.5 Å². The van der Waals surface area contributed by atoms with E-state index in [-0.39, 0.29) is 5.91 Å². The number of nitrogens with zero attached hydrogens (tertiary/aromatic N) is 2. The molecule has 5 heteroatoms. The quantitative estimate of drug-likeness (QED) is 0.606. The van der Waals surface area contributed by atoms with E-state index in [9.17, 15) is 4.79 Å². The van der Waals surface area contributed by atoms with E-state index in [1.165, 1.54) is 11.3 Å². The van der Waals surface area contributed by atoms with Crippen molar-refractivity contribution in [2.45, 2.75) is 26.7 Å². The lowest BCUT2D eigenvalue weighted by atomic mass is 10.2. The second-order valence-corrected chi connectivity index (χ2v) is 6.70. The van der Waals surface area contributed by atoms with Gasteiger partial charge in [0.05, 0.1) is 6.20 Å². The average Bonchev–Trinajstić information content (AvgIpc) is 3.20. The monoisotopic (exact) mass is 377 g/mol. The number of oxazole rings is 1. The highest BCUT2D eigenvalue weighted by atomic mass is 16.4. The van der Waals surface area contributed by atoms with E-state index < -0.39 is 0 Å². The fourth-order valence-corrected chi connectivity index (χ4v) is 3.17. The lowest BCUT2D eigenvalue weighted by molar-refractivity contribution is -0.121. The number of anilines is 1. The number of hydrogen-bond acceptors (Lipinski definition) is 4. The van der Waals surface area contributed by atoms with Crippen molar-refractivity contribution in [1.82, 2.24) is 10.3 Å². The number of aryl methyl sites for hydroxylation is 2. The number of carbonyl (C=O) groups excluding carboxylic acids is 1. The Labute approximate surface area is 166 Å². The van der Waals surface area contributed by atoms with Crippen molar-refractivity contribution in [1.29, 1.82) is 0 Å². The zero-order valence-corrected chi connectivity index (χ0v) is 16.5. The lowest BCUT2D eigenvalue weighted by Gasteiger charge is -2.25. The third-order valence-corrected chi connectivity index (χ3v) is 4.72. The number of benzene rings is 2. The molecule has 3 aromatic rings. The summed E-state index contributed by atoms with van der Waals surface area (Å²) in [5.41, 5.74) is 3.45. The molecule has 1 aromatic heterocycles. The first-order valence-electron chi connectivity index (χ1n) is 9.74. The van der Waals surface area contributed by atoms with Gasteiger partial charge >= 0.3 is 0 Å². The van der Waals surface area contributed by atoms with E-state index in [1.807, 2.05) is 42.5 Å². The summed E-state index contributed by atoms with van der Waals surface area (Å²) in [6.07, 6.45) is 2.57. The largest absolute Gasteiger partial charge is 0.441 e. The van der Waals surface area contributed by atoms with Crippen LogP contribution in [-0.4, -0.2) is 30.5 Å². The van der Waals surface area contributed by atoms with Gasteiger partial charge in [-0.25, -0.2) is 4.98 Å². The average molecular weight is 377 g/mol. The predicted molar refractivity (Wildman–Crippen MR) is 112 cm³/mol. The topological polar surface area (TPSA) is 58.4 Å². The van der Waals surface area contributed by atoms with Crippen molar-refractivity contribution >= 4 is 11.6 Å². The van der Waals surface area contributed by atoms with Gasteiger partial charge in [-0.05, 0) is 25.5 Å². The molecular formula is C23H27N3O2. The van der Waals surface area contributed by atoms with E-state index in [2.05, 4.69) is 41.2 Å². The SMILES string of the molecule is CCN(CCNC(=O)CCc1ncc(-c2ccccc2)o1)c1ccccc1C. The van der Waals surface area contributed by atoms with Crippen LogP contribution >= 0.6 is 0 Å². The van der Waals surface area contributed by atoms with Crippen LogP contribution in [0.5, 0.6) is 0 Å². The lowest BCUT2D eigenvalue weighted by Crippen LogP contribution is -2.35. The van der Waals surface area contributed by atoms with Gasteiger partial charge in [0, 0.05) is 43.7 Å². The molecule has 1 N–H and O–H groups in total. The molecule has 146 valence electrons. The highest BCUT2D eigenvalue weighted by Gasteiger charge is 2.10. The molecule has 0 spiro atoms. The molecule has 5 nitrogen and oxygen atoms in total. The highest BCUT2D eigenvalue weighted by molar-refractivity contribution is 5.76. The number of hydrogen-bond donors (Lipinski definition) is 1. The van der Waals surface area contributed by atoms with Crippen LogP contribution in [0.25, 0.3) is 11.3 Å². The maximum atomic E-state index is 12.2. The Morgan fingerprint density at radius 1 is 1.11 bits per heavy atom. The van der Waals surface area contributed by atoms with E-state index in [1.54, 1.807) is 6.20 Å². The fourth-order valence-electron chi connectivity index (χ4n) is 3.17. The summed E-state index contributed by atoms with van der Waals surface area (Å²) >= 11 is 0. The molecule has 0 saturated heterocycles. The molecule has 0 saturated carbocycles. The first kappa shape index (κ1) is 19.7. The zero-order valence-electron chi connectivity index (χ0n) is 16.5. The molecule has 0 aliphatic carbocycles. The van der Waals surface area contributed by atoms with Crippen molar-refractivity contribution < 1.29 is 9.21 Å². The summed E-state index contributed by atoms with van der Waals surface area (Å²) in [7, 11) is 0. The molecular weight excluding hydrogens is 350 g/mol. The van der Waals surface area contributed by atoms with Gasteiger partial charge in [-0.1, -0.05) is 48.5 Å². The predicted octanol–water partition coefficient (Wildman–Crippen LogP) is 4.23. The van der Waals surface area contributed by atoms with Gasteiger partial charge < -0.3 is 14.6 Å². The smallest absolute Gasteiger partial charge is 0.220 e. The van der Waals surface area contributed by atoms with Crippen LogP contribution in [-0.2, 0) is 11.2 Å². The Morgan fingerprint density at radius 3 is 2.61 bits per heavy atom. The van der Waals surface area contributed by atoms with E-state index in [0.717, 1.165) is 24.4 Å². The summed E-state index contributed by atoms with van der Waals surface area (Å²) in [6.45, 7) is 6.53.